The minimum absolute atomic E-state index is 0.108. The molecule has 0 fully saturated rings. The van der Waals surface area contributed by atoms with E-state index in [9.17, 15) is 13.6 Å². The van der Waals surface area contributed by atoms with E-state index in [4.69, 9.17) is 5.11 Å². The highest BCUT2D eigenvalue weighted by Crippen LogP contribution is 2.17. The first-order chi connectivity index (χ1) is 12.5. The highest BCUT2D eigenvalue weighted by atomic mass is 32.2. The molecule has 26 heavy (non-hydrogen) atoms. The molecule has 0 amide bonds. The molecule has 6 nitrogen and oxygen atoms in total. The van der Waals surface area contributed by atoms with Crippen molar-refractivity contribution in [3.63, 3.8) is 0 Å². The number of benzene rings is 2. The molecule has 0 radical (unpaired) electrons. The molecule has 0 aliphatic heterocycles. The van der Waals surface area contributed by atoms with Crippen LogP contribution in [0.25, 0.3) is 0 Å². The van der Waals surface area contributed by atoms with Crippen molar-refractivity contribution in [2.24, 2.45) is 5.10 Å². The highest BCUT2D eigenvalue weighted by Gasteiger charge is 2.09. The summed E-state index contributed by atoms with van der Waals surface area (Å²) in [6.07, 6.45) is 1.37. The van der Waals surface area contributed by atoms with Crippen LogP contribution < -0.4 is 5.43 Å². The largest absolute Gasteiger partial charge is 0.478 e. The summed E-state index contributed by atoms with van der Waals surface area (Å²) < 4.78 is 20.4. The third-order valence-electron chi connectivity index (χ3n) is 2.90. The second kappa shape index (κ2) is 12.8. The monoisotopic (exact) mass is 378 g/mol. The predicted molar refractivity (Wildman–Crippen MR) is 108 cm³/mol. The van der Waals surface area contributed by atoms with Crippen molar-refractivity contribution in [1.29, 1.82) is 0 Å². The SMILES string of the molecule is CC.CC.Cc1ccc(N/N=C/c2ccccc2S(=O)O)c(C(=O)O)c1. The Morgan fingerprint density at radius 2 is 1.73 bits per heavy atom. The molecule has 0 heterocycles. The Bertz CT molecular complexity index is 761. The lowest BCUT2D eigenvalue weighted by atomic mass is 10.1. The van der Waals surface area contributed by atoms with Crippen molar-refractivity contribution in [3.05, 3.63) is 59.2 Å². The van der Waals surface area contributed by atoms with Crippen LogP contribution in [0.5, 0.6) is 0 Å². The van der Waals surface area contributed by atoms with E-state index >= 15 is 0 Å². The quantitative estimate of drug-likeness (QED) is 0.395. The molecule has 2 aromatic carbocycles. The van der Waals surface area contributed by atoms with Crippen molar-refractivity contribution < 1.29 is 18.7 Å². The number of carboxylic acid groups (broad SMARTS) is 1. The van der Waals surface area contributed by atoms with Crippen LogP contribution in [0.15, 0.2) is 52.5 Å². The van der Waals surface area contributed by atoms with Crippen LogP contribution in [0.2, 0.25) is 0 Å². The van der Waals surface area contributed by atoms with Gasteiger partial charge in [0.05, 0.1) is 22.4 Å². The number of nitrogens with zero attached hydrogens (tertiary/aromatic N) is 1. The van der Waals surface area contributed by atoms with Crippen molar-refractivity contribution in [2.75, 3.05) is 5.43 Å². The maximum atomic E-state index is 11.2. The fourth-order valence-corrected chi connectivity index (χ4v) is 2.37. The van der Waals surface area contributed by atoms with Crippen LogP contribution in [0, 0.1) is 6.92 Å². The van der Waals surface area contributed by atoms with Gasteiger partial charge in [-0.05, 0) is 25.1 Å². The van der Waals surface area contributed by atoms with E-state index in [0.29, 0.717) is 11.3 Å². The topological polar surface area (TPSA) is 99.0 Å². The molecule has 0 aromatic heterocycles. The van der Waals surface area contributed by atoms with Gasteiger partial charge < -0.3 is 9.66 Å². The van der Waals surface area contributed by atoms with E-state index in [2.05, 4.69) is 10.5 Å². The molecule has 0 spiro atoms. The van der Waals surface area contributed by atoms with Crippen molar-refractivity contribution in [1.82, 2.24) is 0 Å². The summed E-state index contributed by atoms with van der Waals surface area (Å²) in [7, 11) is 0. The molecule has 0 aliphatic rings. The zero-order chi connectivity index (χ0) is 20.1. The second-order valence-corrected chi connectivity index (χ2v) is 5.45. The van der Waals surface area contributed by atoms with Gasteiger partial charge >= 0.3 is 5.97 Å². The molecule has 2 aromatic rings. The number of carbonyl (C=O) groups is 1. The Balaban J connectivity index is 0.00000146. The molecule has 1 atom stereocenters. The number of carboxylic acids is 1. The lowest BCUT2D eigenvalue weighted by Gasteiger charge is -2.06. The molecule has 1 unspecified atom stereocenters. The smallest absolute Gasteiger partial charge is 0.337 e. The Kier molecular flexibility index (Phi) is 11.6. The van der Waals surface area contributed by atoms with Crippen LogP contribution in [0.3, 0.4) is 0 Å². The van der Waals surface area contributed by atoms with Gasteiger partial charge in [0.25, 0.3) is 0 Å². The fourth-order valence-electron chi connectivity index (χ4n) is 1.85. The van der Waals surface area contributed by atoms with Crippen molar-refractivity contribution in [2.45, 2.75) is 39.5 Å². The highest BCUT2D eigenvalue weighted by molar-refractivity contribution is 7.79. The Morgan fingerprint density at radius 1 is 1.12 bits per heavy atom. The van der Waals surface area contributed by atoms with Crippen LogP contribution in [-0.2, 0) is 11.1 Å². The maximum Gasteiger partial charge on any atom is 0.337 e. The Morgan fingerprint density at radius 3 is 2.31 bits per heavy atom. The lowest BCUT2D eigenvalue weighted by molar-refractivity contribution is 0.0698. The van der Waals surface area contributed by atoms with Gasteiger partial charge in [-0.1, -0.05) is 57.5 Å². The summed E-state index contributed by atoms with van der Waals surface area (Å²) in [6.45, 7) is 9.80. The average molecular weight is 378 g/mol. The summed E-state index contributed by atoms with van der Waals surface area (Å²) in [4.78, 5) is 11.4. The molecular weight excluding hydrogens is 352 g/mol. The molecule has 3 N–H and O–H groups in total. The van der Waals surface area contributed by atoms with Crippen LogP contribution >= 0.6 is 0 Å². The summed E-state index contributed by atoms with van der Waals surface area (Å²) in [5.74, 6) is -1.06. The number of hydrogen-bond acceptors (Lipinski definition) is 4. The standard InChI is InChI=1S/C15H14N2O4S.2C2H6/c1-10-6-7-13(12(8-10)15(18)19)17-16-9-11-4-2-3-5-14(11)22(20)21;2*1-2/h2-9,17H,1H3,(H,18,19)(H,20,21);2*1-2H3/b16-9+;;. The normalized spacial score (nSPS) is 10.8. The van der Waals surface area contributed by atoms with Crippen molar-refractivity contribution >= 4 is 29.0 Å². The number of aryl methyl sites for hydroxylation is 1. The van der Waals surface area contributed by atoms with E-state index in [1.807, 2.05) is 27.7 Å². The number of aromatic carboxylic acids is 1. The first-order valence-corrected chi connectivity index (χ1v) is 9.42. The fraction of sp³-hybridized carbons (Fsp3) is 0.263. The number of anilines is 1. The van der Waals surface area contributed by atoms with Crippen LogP contribution in [0.4, 0.5) is 5.69 Å². The van der Waals surface area contributed by atoms with E-state index in [1.165, 1.54) is 18.3 Å². The first-order valence-electron chi connectivity index (χ1n) is 8.32. The minimum Gasteiger partial charge on any atom is -0.478 e. The number of hydrazone groups is 1. The van der Waals surface area contributed by atoms with Gasteiger partial charge in [0, 0.05) is 5.56 Å². The van der Waals surface area contributed by atoms with Gasteiger partial charge in [0.1, 0.15) is 0 Å². The van der Waals surface area contributed by atoms with Crippen LogP contribution in [-0.4, -0.2) is 26.1 Å². The predicted octanol–water partition coefficient (Wildman–Crippen LogP) is 4.77. The lowest BCUT2D eigenvalue weighted by Crippen LogP contribution is -2.03. The first kappa shape index (κ1) is 23.5. The summed E-state index contributed by atoms with van der Waals surface area (Å²) >= 11 is -2.12. The average Bonchev–Trinajstić information content (AvgIpc) is 2.66. The third-order valence-corrected chi connectivity index (χ3v) is 3.65. The zero-order valence-electron chi connectivity index (χ0n) is 15.7. The van der Waals surface area contributed by atoms with Gasteiger partial charge in [-0.3, -0.25) is 5.43 Å². The van der Waals surface area contributed by atoms with Crippen molar-refractivity contribution in [3.8, 4) is 0 Å². The summed E-state index contributed by atoms with van der Waals surface area (Å²) in [5, 5.41) is 13.1. The molecule has 142 valence electrons. The zero-order valence-corrected chi connectivity index (χ0v) is 16.5. The van der Waals surface area contributed by atoms with Gasteiger partial charge in [0.2, 0.25) is 0 Å². The molecular formula is C19H26N2O4S. The van der Waals surface area contributed by atoms with E-state index in [-0.39, 0.29) is 10.5 Å². The summed E-state index contributed by atoms with van der Waals surface area (Å²) in [6, 6.07) is 11.4. The van der Waals surface area contributed by atoms with E-state index < -0.39 is 17.0 Å². The molecule has 0 aliphatic carbocycles. The molecule has 0 saturated carbocycles. The molecule has 0 bridgehead atoms. The maximum absolute atomic E-state index is 11.2. The van der Waals surface area contributed by atoms with Gasteiger partial charge in [0.15, 0.2) is 11.1 Å². The molecule has 7 heteroatoms. The molecule has 2 rings (SSSR count). The number of hydrogen-bond donors (Lipinski definition) is 3. The van der Waals surface area contributed by atoms with Gasteiger partial charge in [-0.15, -0.1) is 0 Å². The Labute approximate surface area is 157 Å². The summed E-state index contributed by atoms with van der Waals surface area (Å²) in [5.41, 5.74) is 4.40. The minimum atomic E-state index is -2.12. The second-order valence-electron chi connectivity index (χ2n) is 4.51. The van der Waals surface area contributed by atoms with Gasteiger partial charge in [-0.25, -0.2) is 9.00 Å². The number of rotatable bonds is 5. The van der Waals surface area contributed by atoms with E-state index in [0.717, 1.165) is 5.56 Å². The van der Waals surface area contributed by atoms with Crippen LogP contribution in [0.1, 0.15) is 49.2 Å². The Hall–Kier alpha value is -2.51. The van der Waals surface area contributed by atoms with Gasteiger partial charge in [-0.2, -0.15) is 5.10 Å². The number of nitrogens with one attached hydrogen (secondary N) is 1. The third kappa shape index (κ3) is 7.16. The molecule has 0 saturated heterocycles. The van der Waals surface area contributed by atoms with E-state index in [1.54, 1.807) is 37.3 Å².